The van der Waals surface area contributed by atoms with Crippen molar-refractivity contribution in [2.24, 2.45) is 0 Å². The lowest BCUT2D eigenvalue weighted by Gasteiger charge is -2.05. The van der Waals surface area contributed by atoms with E-state index in [9.17, 15) is 4.39 Å². The predicted molar refractivity (Wildman–Crippen MR) is 92.3 cm³/mol. The van der Waals surface area contributed by atoms with Crippen LogP contribution in [0.1, 0.15) is 5.56 Å². The zero-order valence-corrected chi connectivity index (χ0v) is 13.7. The molecule has 3 heterocycles. The second-order valence-electron chi connectivity index (χ2n) is 5.64. The Morgan fingerprint density at radius 1 is 1.19 bits per heavy atom. The number of fused-ring (bicyclic) bond motifs is 1. The van der Waals surface area contributed by atoms with Crippen molar-refractivity contribution in [2.45, 2.75) is 13.1 Å². The summed E-state index contributed by atoms with van der Waals surface area (Å²) in [6.07, 6.45) is 6.71. The van der Waals surface area contributed by atoms with Gasteiger partial charge in [-0.25, -0.2) is 14.1 Å². The highest BCUT2D eigenvalue weighted by atomic mass is 19.1. The van der Waals surface area contributed by atoms with Crippen molar-refractivity contribution in [3.05, 3.63) is 60.4 Å². The molecule has 0 bridgehead atoms. The number of hydrogen-bond acceptors (Lipinski definition) is 6. The summed E-state index contributed by atoms with van der Waals surface area (Å²) in [5, 5.41) is 21.2. The maximum atomic E-state index is 13.3. The standard InChI is InChI=1S/C17H15FN7O/c18-14-3-1-2-12(6-14)10-25-16-13(8-21-25)7-19-17(23-16)22-15-9-20-24(11-15)4-5-26/h1-3,7-9,11,26H,4-5,10H2,(H,19,22,23). The third-order valence-corrected chi connectivity index (χ3v) is 3.74. The van der Waals surface area contributed by atoms with Gasteiger partial charge >= 0.3 is 0 Å². The molecule has 4 rings (SSSR count). The van der Waals surface area contributed by atoms with Crippen LogP contribution in [0.15, 0.2) is 43.0 Å². The summed E-state index contributed by atoms with van der Waals surface area (Å²) < 4.78 is 16.6. The van der Waals surface area contributed by atoms with Crippen LogP contribution in [0.5, 0.6) is 0 Å². The number of halogens is 1. The third kappa shape index (κ3) is 3.38. The lowest BCUT2D eigenvalue weighted by Crippen LogP contribution is -2.05. The van der Waals surface area contributed by atoms with Gasteiger partial charge in [-0.3, -0.25) is 4.68 Å². The molecule has 0 aliphatic rings. The number of hydrogen-bond donors (Lipinski definition) is 2. The van der Waals surface area contributed by atoms with E-state index in [1.54, 1.807) is 46.3 Å². The van der Waals surface area contributed by atoms with E-state index in [0.717, 1.165) is 5.39 Å². The number of aliphatic hydroxyl groups is 1. The molecule has 0 unspecified atom stereocenters. The molecule has 8 nitrogen and oxygen atoms in total. The van der Waals surface area contributed by atoms with Crippen molar-refractivity contribution in [1.82, 2.24) is 29.5 Å². The number of anilines is 2. The Morgan fingerprint density at radius 2 is 2.12 bits per heavy atom. The summed E-state index contributed by atoms with van der Waals surface area (Å²) in [5.74, 6) is -0.0122. The molecule has 2 N–H and O–H groups in total. The Labute approximate surface area is 147 Å². The Morgan fingerprint density at radius 3 is 2.96 bits per heavy atom. The van der Waals surface area contributed by atoms with Gasteiger partial charge in [0.15, 0.2) is 5.65 Å². The van der Waals surface area contributed by atoms with E-state index in [1.807, 2.05) is 0 Å². The fourth-order valence-corrected chi connectivity index (χ4v) is 2.56. The maximum absolute atomic E-state index is 13.3. The molecule has 3 aromatic heterocycles. The lowest BCUT2D eigenvalue weighted by molar-refractivity contribution is 0.269. The Balaban J connectivity index is 1.59. The second-order valence-corrected chi connectivity index (χ2v) is 5.64. The van der Waals surface area contributed by atoms with Crippen LogP contribution in [0.3, 0.4) is 0 Å². The number of nitrogens with one attached hydrogen (secondary N) is 1. The van der Waals surface area contributed by atoms with Gasteiger partial charge in [0.05, 0.1) is 43.2 Å². The van der Waals surface area contributed by atoms with E-state index in [1.165, 1.54) is 6.07 Å². The Bertz CT molecular complexity index is 1040. The predicted octanol–water partition coefficient (Wildman–Crippen LogP) is 1.75. The van der Waals surface area contributed by atoms with Crippen molar-refractivity contribution in [3.8, 4) is 0 Å². The van der Waals surface area contributed by atoms with Crippen LogP contribution in [0.2, 0.25) is 0 Å². The first-order chi connectivity index (χ1) is 12.7. The molecule has 1 aromatic carbocycles. The monoisotopic (exact) mass is 352 g/mol. The SMILES string of the molecule is OCCn1cc(Nc2ncc3cnn(Cc4[c]c(F)ccc4)c3n2)cn1. The third-order valence-electron chi connectivity index (χ3n) is 3.74. The Hall–Kier alpha value is -3.33. The van der Waals surface area contributed by atoms with E-state index in [4.69, 9.17) is 5.11 Å². The number of nitrogens with zero attached hydrogens (tertiary/aromatic N) is 6. The van der Waals surface area contributed by atoms with Gasteiger partial charge in [0.1, 0.15) is 5.82 Å². The minimum absolute atomic E-state index is 0.0138. The molecule has 0 aliphatic heterocycles. The summed E-state index contributed by atoms with van der Waals surface area (Å²) in [6.45, 7) is 0.782. The highest BCUT2D eigenvalue weighted by molar-refractivity contribution is 5.75. The van der Waals surface area contributed by atoms with Gasteiger partial charge in [0.25, 0.3) is 0 Å². The van der Waals surface area contributed by atoms with E-state index in [-0.39, 0.29) is 6.61 Å². The van der Waals surface area contributed by atoms with Crippen molar-refractivity contribution in [1.29, 1.82) is 0 Å². The van der Waals surface area contributed by atoms with Crippen LogP contribution >= 0.6 is 0 Å². The number of aromatic nitrogens is 6. The van der Waals surface area contributed by atoms with E-state index < -0.39 is 5.82 Å². The van der Waals surface area contributed by atoms with Crippen LogP contribution in [0, 0.1) is 11.9 Å². The molecule has 4 aromatic rings. The van der Waals surface area contributed by atoms with Crippen LogP contribution in [-0.2, 0) is 13.1 Å². The van der Waals surface area contributed by atoms with Gasteiger partial charge < -0.3 is 10.4 Å². The summed E-state index contributed by atoms with van der Waals surface area (Å²) in [4.78, 5) is 8.75. The molecule has 26 heavy (non-hydrogen) atoms. The van der Waals surface area contributed by atoms with Crippen molar-refractivity contribution in [3.63, 3.8) is 0 Å². The minimum Gasteiger partial charge on any atom is -0.394 e. The van der Waals surface area contributed by atoms with Gasteiger partial charge in [-0.05, 0) is 11.6 Å². The molecule has 131 valence electrons. The summed E-state index contributed by atoms with van der Waals surface area (Å²) in [7, 11) is 0. The topological polar surface area (TPSA) is 93.7 Å². The molecule has 0 aliphatic carbocycles. The summed E-state index contributed by atoms with van der Waals surface area (Å²) in [5.41, 5.74) is 2.01. The molecular weight excluding hydrogens is 337 g/mol. The van der Waals surface area contributed by atoms with Crippen LogP contribution in [0.4, 0.5) is 16.0 Å². The average Bonchev–Trinajstić information content (AvgIpc) is 3.23. The van der Waals surface area contributed by atoms with Gasteiger partial charge in [0.2, 0.25) is 5.95 Å². The molecule has 1 radical (unpaired) electrons. The van der Waals surface area contributed by atoms with E-state index >= 15 is 0 Å². The molecule has 9 heteroatoms. The number of rotatable bonds is 6. The second kappa shape index (κ2) is 6.89. The highest BCUT2D eigenvalue weighted by Crippen LogP contribution is 2.17. The zero-order valence-electron chi connectivity index (χ0n) is 13.7. The quantitative estimate of drug-likeness (QED) is 0.549. The highest BCUT2D eigenvalue weighted by Gasteiger charge is 2.09. The van der Waals surface area contributed by atoms with E-state index in [0.29, 0.717) is 35.9 Å². The molecular formula is C17H15FN7O. The molecule has 0 atom stereocenters. The summed E-state index contributed by atoms with van der Waals surface area (Å²) in [6, 6.07) is 7.44. The van der Waals surface area contributed by atoms with Crippen LogP contribution < -0.4 is 5.32 Å². The van der Waals surface area contributed by atoms with Gasteiger partial charge in [-0.2, -0.15) is 15.2 Å². The first kappa shape index (κ1) is 16.2. The van der Waals surface area contributed by atoms with Crippen LogP contribution in [-0.4, -0.2) is 41.2 Å². The fraction of sp³-hybridized carbons (Fsp3) is 0.176. The Kier molecular flexibility index (Phi) is 4.28. The number of benzene rings is 1. The van der Waals surface area contributed by atoms with Gasteiger partial charge in [-0.15, -0.1) is 0 Å². The normalized spacial score (nSPS) is 11.2. The van der Waals surface area contributed by atoms with E-state index in [2.05, 4.69) is 31.5 Å². The maximum Gasteiger partial charge on any atom is 0.229 e. The van der Waals surface area contributed by atoms with Gasteiger partial charge in [0, 0.05) is 18.5 Å². The zero-order chi connectivity index (χ0) is 17.9. The van der Waals surface area contributed by atoms with Crippen LogP contribution in [0.25, 0.3) is 11.0 Å². The fourth-order valence-electron chi connectivity index (χ4n) is 2.56. The molecule has 0 fully saturated rings. The molecule has 0 amide bonds. The van der Waals surface area contributed by atoms with Gasteiger partial charge in [-0.1, -0.05) is 12.1 Å². The largest absolute Gasteiger partial charge is 0.394 e. The number of aliphatic hydroxyl groups excluding tert-OH is 1. The molecule has 0 spiro atoms. The first-order valence-electron chi connectivity index (χ1n) is 7.97. The van der Waals surface area contributed by atoms with Crippen molar-refractivity contribution >= 4 is 22.7 Å². The van der Waals surface area contributed by atoms with Crippen molar-refractivity contribution in [2.75, 3.05) is 11.9 Å². The molecule has 0 saturated heterocycles. The summed E-state index contributed by atoms with van der Waals surface area (Å²) >= 11 is 0. The first-order valence-corrected chi connectivity index (χ1v) is 7.97. The molecule has 0 saturated carbocycles. The average molecular weight is 352 g/mol. The lowest BCUT2D eigenvalue weighted by atomic mass is 10.2. The minimum atomic E-state index is -0.407. The smallest absolute Gasteiger partial charge is 0.229 e. The van der Waals surface area contributed by atoms with Crippen molar-refractivity contribution < 1.29 is 9.50 Å².